The lowest BCUT2D eigenvalue weighted by molar-refractivity contribution is 0.115. The Hall–Kier alpha value is -4.58. The van der Waals surface area contributed by atoms with Crippen molar-refractivity contribution in [1.29, 1.82) is 0 Å². The van der Waals surface area contributed by atoms with Crippen LogP contribution in [0.2, 0.25) is 0 Å². The summed E-state index contributed by atoms with van der Waals surface area (Å²) in [5, 5.41) is 6.81. The van der Waals surface area contributed by atoms with E-state index < -0.39 is 17.7 Å². The van der Waals surface area contributed by atoms with E-state index in [1.807, 2.05) is 31.2 Å². The number of piperidine rings is 1. The first-order valence-corrected chi connectivity index (χ1v) is 13.9. The van der Waals surface area contributed by atoms with Gasteiger partial charge in [-0.15, -0.1) is 0 Å². The summed E-state index contributed by atoms with van der Waals surface area (Å²) in [6, 6.07) is 10.5. The number of nitrogens with one attached hydrogen (secondary N) is 2. The highest BCUT2D eigenvalue weighted by atomic mass is 19.1. The van der Waals surface area contributed by atoms with Gasteiger partial charge in [-0.3, -0.25) is 0 Å². The number of hydrogen-bond acceptors (Lipinski definition) is 8. The van der Waals surface area contributed by atoms with Crippen molar-refractivity contribution in [3.63, 3.8) is 0 Å². The monoisotopic (exact) mass is 575 g/mol. The Kier molecular flexibility index (Phi) is 7.95. The van der Waals surface area contributed by atoms with Gasteiger partial charge in [-0.05, 0) is 48.9 Å². The van der Waals surface area contributed by atoms with Crippen LogP contribution in [0.25, 0.3) is 10.9 Å². The van der Waals surface area contributed by atoms with Crippen LogP contribution in [0.3, 0.4) is 0 Å². The predicted octanol–water partition coefficient (Wildman–Crippen LogP) is 5.27. The molecule has 2 aromatic carbocycles. The van der Waals surface area contributed by atoms with Gasteiger partial charge in [0.2, 0.25) is 0 Å². The summed E-state index contributed by atoms with van der Waals surface area (Å²) >= 11 is 0. The SMILES string of the molecule is Cc1cc(Nc2ncnc3cnc(N4CCOCC4)cc23)ccc1OC1CCN(C(=O)Nc2ccc(F)cc2F)CC1. The number of amides is 2. The number of halogens is 2. The molecule has 0 bridgehead atoms. The number of benzene rings is 2. The first-order chi connectivity index (χ1) is 20.4. The Bertz CT molecular complexity index is 1590. The van der Waals surface area contributed by atoms with E-state index in [0.717, 1.165) is 58.9 Å². The van der Waals surface area contributed by atoms with Gasteiger partial charge in [-0.1, -0.05) is 0 Å². The molecule has 2 fully saturated rings. The van der Waals surface area contributed by atoms with Gasteiger partial charge in [-0.25, -0.2) is 28.5 Å². The van der Waals surface area contributed by atoms with Crippen molar-refractivity contribution < 1.29 is 23.0 Å². The molecule has 2 aliphatic heterocycles. The van der Waals surface area contributed by atoms with Crippen molar-refractivity contribution in [2.75, 3.05) is 54.9 Å². The molecule has 0 aliphatic carbocycles. The average Bonchev–Trinajstić information content (AvgIpc) is 3.00. The summed E-state index contributed by atoms with van der Waals surface area (Å²) in [6.45, 7) is 5.84. The second kappa shape index (κ2) is 12.1. The average molecular weight is 576 g/mol. The van der Waals surface area contributed by atoms with E-state index >= 15 is 0 Å². The summed E-state index contributed by atoms with van der Waals surface area (Å²) in [7, 11) is 0. The van der Waals surface area contributed by atoms with Gasteiger partial charge in [0, 0.05) is 56.2 Å². The van der Waals surface area contributed by atoms with Gasteiger partial charge in [0.1, 0.15) is 41.5 Å². The molecule has 10 nitrogen and oxygen atoms in total. The molecule has 2 saturated heterocycles. The Morgan fingerprint density at radius 1 is 1.00 bits per heavy atom. The van der Waals surface area contributed by atoms with Crippen LogP contribution in [0.1, 0.15) is 18.4 Å². The number of aryl methyl sites for hydroxylation is 1. The molecule has 2 N–H and O–H groups in total. The minimum Gasteiger partial charge on any atom is -0.490 e. The van der Waals surface area contributed by atoms with Crippen molar-refractivity contribution in [3.05, 3.63) is 72.2 Å². The minimum atomic E-state index is -0.808. The van der Waals surface area contributed by atoms with E-state index in [2.05, 4.69) is 30.5 Å². The van der Waals surface area contributed by atoms with Crippen molar-refractivity contribution in [1.82, 2.24) is 19.9 Å². The number of pyridine rings is 1. The quantitative estimate of drug-likeness (QED) is 0.321. The van der Waals surface area contributed by atoms with E-state index in [4.69, 9.17) is 9.47 Å². The van der Waals surface area contributed by atoms with Crippen molar-refractivity contribution >= 4 is 39.9 Å². The highest BCUT2D eigenvalue weighted by molar-refractivity contribution is 5.92. The van der Waals surface area contributed by atoms with E-state index in [1.54, 1.807) is 11.1 Å². The van der Waals surface area contributed by atoms with Crippen LogP contribution in [-0.4, -0.2) is 71.4 Å². The summed E-state index contributed by atoms with van der Waals surface area (Å²) in [5.41, 5.74) is 2.53. The fourth-order valence-corrected chi connectivity index (χ4v) is 5.15. The molecule has 0 radical (unpaired) electrons. The van der Waals surface area contributed by atoms with Crippen LogP contribution >= 0.6 is 0 Å². The maximum Gasteiger partial charge on any atom is 0.321 e. The molecule has 0 atom stereocenters. The highest BCUT2D eigenvalue weighted by Crippen LogP contribution is 2.30. The highest BCUT2D eigenvalue weighted by Gasteiger charge is 2.25. The molecule has 42 heavy (non-hydrogen) atoms. The van der Waals surface area contributed by atoms with Gasteiger partial charge in [0.15, 0.2) is 0 Å². The number of urea groups is 1. The van der Waals surface area contributed by atoms with Gasteiger partial charge in [0.05, 0.1) is 30.6 Å². The summed E-state index contributed by atoms with van der Waals surface area (Å²) in [6.07, 6.45) is 4.49. The number of carbonyl (C=O) groups excluding carboxylic acids is 1. The lowest BCUT2D eigenvalue weighted by Crippen LogP contribution is -2.43. The molecule has 4 heterocycles. The van der Waals surface area contributed by atoms with Crippen LogP contribution in [0, 0.1) is 18.6 Å². The van der Waals surface area contributed by atoms with Crippen molar-refractivity contribution in [3.8, 4) is 5.75 Å². The zero-order valence-electron chi connectivity index (χ0n) is 23.1. The number of rotatable bonds is 6. The minimum absolute atomic E-state index is 0.0479. The third-order valence-corrected chi connectivity index (χ3v) is 7.48. The lowest BCUT2D eigenvalue weighted by Gasteiger charge is -2.32. The zero-order chi connectivity index (χ0) is 29.1. The zero-order valence-corrected chi connectivity index (χ0v) is 23.1. The molecule has 2 amide bonds. The Morgan fingerprint density at radius 2 is 1.81 bits per heavy atom. The van der Waals surface area contributed by atoms with Crippen LogP contribution in [0.4, 0.5) is 36.6 Å². The lowest BCUT2D eigenvalue weighted by atomic mass is 10.1. The molecule has 218 valence electrons. The van der Waals surface area contributed by atoms with E-state index in [9.17, 15) is 13.6 Å². The first kappa shape index (κ1) is 27.6. The third-order valence-electron chi connectivity index (χ3n) is 7.48. The number of anilines is 4. The maximum atomic E-state index is 13.9. The van der Waals surface area contributed by atoms with Gasteiger partial charge in [0.25, 0.3) is 0 Å². The number of morpholine rings is 1. The molecule has 0 unspecified atom stereocenters. The molecule has 2 aliphatic rings. The largest absolute Gasteiger partial charge is 0.490 e. The molecule has 12 heteroatoms. The number of nitrogens with zero attached hydrogens (tertiary/aromatic N) is 5. The van der Waals surface area contributed by atoms with Gasteiger partial charge < -0.3 is 29.9 Å². The normalized spacial score (nSPS) is 16.0. The smallest absolute Gasteiger partial charge is 0.321 e. The number of aromatic nitrogens is 3. The number of carbonyl (C=O) groups is 1. The Morgan fingerprint density at radius 3 is 2.57 bits per heavy atom. The van der Waals surface area contributed by atoms with Crippen LogP contribution < -0.4 is 20.3 Å². The van der Waals surface area contributed by atoms with Crippen LogP contribution in [0.5, 0.6) is 5.75 Å². The second-order valence-corrected chi connectivity index (χ2v) is 10.3. The molecular formula is C30H31F2N7O3. The molecule has 2 aromatic heterocycles. The molecule has 0 saturated carbocycles. The topological polar surface area (TPSA) is 105 Å². The standard InChI is InChI=1S/C30H31F2N7O3/c1-19-14-21(36-29-23-16-28(38-10-12-41-13-11-38)33-17-26(23)34-18-35-29)3-5-27(19)42-22-6-8-39(9-7-22)30(40)37-25-4-2-20(31)15-24(25)32/h2-5,14-18,22H,6-13H2,1H3,(H,37,40)(H,34,35,36). The van der Waals surface area contributed by atoms with Gasteiger partial charge in [-0.2, -0.15) is 0 Å². The van der Waals surface area contributed by atoms with Gasteiger partial charge >= 0.3 is 6.03 Å². The van der Waals surface area contributed by atoms with Crippen LogP contribution in [-0.2, 0) is 4.74 Å². The van der Waals surface area contributed by atoms with Crippen molar-refractivity contribution in [2.45, 2.75) is 25.9 Å². The fourth-order valence-electron chi connectivity index (χ4n) is 5.15. The number of fused-ring (bicyclic) bond motifs is 1. The first-order valence-electron chi connectivity index (χ1n) is 13.9. The summed E-state index contributed by atoms with van der Waals surface area (Å²) in [5.74, 6) is 0.826. The maximum absolute atomic E-state index is 13.9. The number of hydrogen-bond donors (Lipinski definition) is 2. The van der Waals surface area contributed by atoms with Crippen LogP contribution in [0.15, 0.2) is 55.0 Å². The van der Waals surface area contributed by atoms with Crippen molar-refractivity contribution in [2.24, 2.45) is 0 Å². The summed E-state index contributed by atoms with van der Waals surface area (Å²) < 4.78 is 38.8. The third kappa shape index (κ3) is 6.18. The molecule has 6 rings (SSSR count). The fraction of sp³-hybridized carbons (Fsp3) is 0.333. The molecule has 0 spiro atoms. The Balaban J connectivity index is 1.07. The summed E-state index contributed by atoms with van der Waals surface area (Å²) in [4.78, 5) is 29.8. The second-order valence-electron chi connectivity index (χ2n) is 10.3. The van der Waals surface area contributed by atoms with E-state index in [0.29, 0.717) is 45.0 Å². The Labute approximate surface area is 241 Å². The van der Waals surface area contributed by atoms with E-state index in [1.165, 1.54) is 12.4 Å². The molecular weight excluding hydrogens is 544 g/mol. The number of ether oxygens (including phenoxy) is 2. The number of likely N-dealkylation sites (tertiary alicyclic amines) is 1. The molecule has 4 aromatic rings. The van der Waals surface area contributed by atoms with E-state index in [-0.39, 0.29) is 11.8 Å². The predicted molar refractivity (Wildman–Crippen MR) is 155 cm³/mol.